The SMILES string of the molecule is CC(C)(O)CNC(=O)c1cc(OCCO)ccc1C(N)=O. The monoisotopic (exact) mass is 296 g/mol. The Hall–Kier alpha value is -2.12. The van der Waals surface area contributed by atoms with E-state index < -0.39 is 17.4 Å². The molecule has 116 valence electrons. The summed E-state index contributed by atoms with van der Waals surface area (Å²) < 4.78 is 5.19. The summed E-state index contributed by atoms with van der Waals surface area (Å²) in [6.07, 6.45) is 0. The van der Waals surface area contributed by atoms with E-state index in [2.05, 4.69) is 5.32 Å². The van der Waals surface area contributed by atoms with Crippen molar-refractivity contribution in [3.63, 3.8) is 0 Å². The number of amides is 2. The smallest absolute Gasteiger partial charge is 0.252 e. The summed E-state index contributed by atoms with van der Waals surface area (Å²) >= 11 is 0. The van der Waals surface area contributed by atoms with Gasteiger partial charge in [0.05, 0.1) is 23.3 Å². The Balaban J connectivity index is 2.99. The maximum Gasteiger partial charge on any atom is 0.252 e. The summed E-state index contributed by atoms with van der Waals surface area (Å²) in [7, 11) is 0. The van der Waals surface area contributed by atoms with Crippen LogP contribution in [0.4, 0.5) is 0 Å². The number of carbonyl (C=O) groups is 2. The lowest BCUT2D eigenvalue weighted by Crippen LogP contribution is -2.38. The second kappa shape index (κ2) is 7.05. The molecule has 0 atom stereocenters. The number of primary amides is 1. The highest BCUT2D eigenvalue weighted by Gasteiger charge is 2.19. The van der Waals surface area contributed by atoms with Gasteiger partial charge in [-0.2, -0.15) is 0 Å². The molecule has 0 radical (unpaired) electrons. The van der Waals surface area contributed by atoms with E-state index >= 15 is 0 Å². The number of ether oxygens (including phenoxy) is 1. The largest absolute Gasteiger partial charge is 0.491 e. The van der Waals surface area contributed by atoms with E-state index in [4.69, 9.17) is 15.6 Å². The lowest BCUT2D eigenvalue weighted by Gasteiger charge is -2.18. The molecule has 0 aliphatic heterocycles. The molecular formula is C14H20N2O5. The van der Waals surface area contributed by atoms with Crippen LogP contribution in [0.3, 0.4) is 0 Å². The van der Waals surface area contributed by atoms with Gasteiger partial charge in [0.2, 0.25) is 5.91 Å². The second-order valence-corrected chi connectivity index (χ2v) is 5.14. The zero-order chi connectivity index (χ0) is 16.0. The third-order valence-corrected chi connectivity index (χ3v) is 2.54. The maximum atomic E-state index is 12.1. The fourth-order valence-electron chi connectivity index (χ4n) is 1.57. The van der Waals surface area contributed by atoms with Gasteiger partial charge in [0.1, 0.15) is 12.4 Å². The summed E-state index contributed by atoms with van der Waals surface area (Å²) in [5, 5.41) is 20.8. The lowest BCUT2D eigenvalue weighted by atomic mass is 10.0. The molecule has 0 bridgehead atoms. The van der Waals surface area contributed by atoms with E-state index in [1.807, 2.05) is 0 Å². The number of benzene rings is 1. The number of nitrogens with two attached hydrogens (primary N) is 1. The van der Waals surface area contributed by atoms with Crippen molar-refractivity contribution < 1.29 is 24.5 Å². The van der Waals surface area contributed by atoms with Crippen molar-refractivity contribution in [3.8, 4) is 5.75 Å². The van der Waals surface area contributed by atoms with Crippen molar-refractivity contribution in [2.24, 2.45) is 5.73 Å². The average molecular weight is 296 g/mol. The minimum Gasteiger partial charge on any atom is -0.491 e. The van der Waals surface area contributed by atoms with Gasteiger partial charge in [-0.3, -0.25) is 9.59 Å². The Kier molecular flexibility index (Phi) is 5.69. The zero-order valence-electron chi connectivity index (χ0n) is 12.0. The summed E-state index contributed by atoms with van der Waals surface area (Å²) in [4.78, 5) is 23.5. The molecule has 0 spiro atoms. The molecule has 0 fully saturated rings. The van der Waals surface area contributed by atoms with Gasteiger partial charge in [-0.1, -0.05) is 0 Å². The van der Waals surface area contributed by atoms with Crippen LogP contribution in [0.15, 0.2) is 18.2 Å². The lowest BCUT2D eigenvalue weighted by molar-refractivity contribution is 0.0693. The van der Waals surface area contributed by atoms with Gasteiger partial charge in [0.15, 0.2) is 0 Å². The Labute approximate surface area is 122 Å². The van der Waals surface area contributed by atoms with Gasteiger partial charge in [0, 0.05) is 6.54 Å². The molecule has 0 aliphatic carbocycles. The van der Waals surface area contributed by atoms with Gasteiger partial charge in [-0.25, -0.2) is 0 Å². The zero-order valence-corrected chi connectivity index (χ0v) is 12.0. The quantitative estimate of drug-likeness (QED) is 0.548. The van der Waals surface area contributed by atoms with Crippen LogP contribution < -0.4 is 15.8 Å². The first-order valence-electron chi connectivity index (χ1n) is 6.42. The highest BCUT2D eigenvalue weighted by atomic mass is 16.5. The van der Waals surface area contributed by atoms with Crippen LogP contribution in [0.1, 0.15) is 34.6 Å². The highest BCUT2D eigenvalue weighted by Crippen LogP contribution is 2.18. The molecule has 0 unspecified atom stereocenters. The summed E-state index contributed by atoms with van der Waals surface area (Å²) in [6, 6.07) is 4.24. The molecular weight excluding hydrogens is 276 g/mol. The van der Waals surface area contributed by atoms with E-state index in [0.717, 1.165) is 0 Å². The normalized spacial score (nSPS) is 11.0. The van der Waals surface area contributed by atoms with E-state index in [1.54, 1.807) is 13.8 Å². The molecule has 21 heavy (non-hydrogen) atoms. The van der Waals surface area contributed by atoms with Gasteiger partial charge in [0.25, 0.3) is 5.91 Å². The topological polar surface area (TPSA) is 122 Å². The van der Waals surface area contributed by atoms with E-state index in [0.29, 0.717) is 5.75 Å². The number of nitrogens with one attached hydrogen (secondary N) is 1. The molecule has 7 heteroatoms. The molecule has 0 saturated heterocycles. The Morgan fingerprint density at radius 2 is 2.00 bits per heavy atom. The minimum atomic E-state index is -1.08. The average Bonchev–Trinajstić information content (AvgIpc) is 2.41. The Morgan fingerprint density at radius 1 is 1.33 bits per heavy atom. The summed E-state index contributed by atoms with van der Waals surface area (Å²) in [6.45, 7) is 3.01. The molecule has 1 aromatic rings. The summed E-state index contributed by atoms with van der Waals surface area (Å²) in [5.74, 6) is -0.944. The van der Waals surface area contributed by atoms with Crippen molar-refractivity contribution in [3.05, 3.63) is 29.3 Å². The van der Waals surface area contributed by atoms with Gasteiger partial charge >= 0.3 is 0 Å². The predicted molar refractivity (Wildman–Crippen MR) is 76.2 cm³/mol. The van der Waals surface area contributed by atoms with Crippen LogP contribution in [0.2, 0.25) is 0 Å². The first-order chi connectivity index (χ1) is 9.74. The molecule has 1 aromatic carbocycles. The number of aliphatic hydroxyl groups is 2. The van der Waals surface area contributed by atoms with Crippen molar-refractivity contribution in [1.29, 1.82) is 0 Å². The van der Waals surface area contributed by atoms with E-state index in [-0.39, 0.29) is 30.9 Å². The van der Waals surface area contributed by atoms with Crippen LogP contribution in [0.25, 0.3) is 0 Å². The van der Waals surface area contributed by atoms with Crippen LogP contribution >= 0.6 is 0 Å². The molecule has 0 aliphatic rings. The minimum absolute atomic E-state index is 0.0196. The second-order valence-electron chi connectivity index (χ2n) is 5.14. The Morgan fingerprint density at radius 3 is 2.52 bits per heavy atom. The number of carbonyl (C=O) groups excluding carboxylic acids is 2. The molecule has 7 nitrogen and oxygen atoms in total. The highest BCUT2D eigenvalue weighted by molar-refractivity contribution is 6.07. The molecule has 2 amide bonds. The van der Waals surface area contributed by atoms with Crippen molar-refractivity contribution in [2.45, 2.75) is 19.4 Å². The van der Waals surface area contributed by atoms with Crippen molar-refractivity contribution in [1.82, 2.24) is 5.32 Å². The fourth-order valence-corrected chi connectivity index (χ4v) is 1.57. The third kappa shape index (κ3) is 5.41. The number of rotatable bonds is 7. The van der Waals surface area contributed by atoms with Gasteiger partial charge in [-0.15, -0.1) is 0 Å². The number of hydrogen-bond donors (Lipinski definition) is 4. The van der Waals surface area contributed by atoms with Crippen LogP contribution in [0, 0.1) is 0 Å². The molecule has 5 N–H and O–H groups in total. The summed E-state index contributed by atoms with van der Waals surface area (Å²) in [5.41, 5.74) is 4.27. The van der Waals surface area contributed by atoms with E-state index in [1.165, 1.54) is 18.2 Å². The molecule has 0 heterocycles. The van der Waals surface area contributed by atoms with E-state index in [9.17, 15) is 14.7 Å². The van der Waals surface area contributed by atoms with Crippen LogP contribution in [-0.2, 0) is 0 Å². The predicted octanol–water partition coefficient (Wildman–Crippen LogP) is -0.343. The molecule has 0 aromatic heterocycles. The Bertz CT molecular complexity index is 523. The van der Waals surface area contributed by atoms with Gasteiger partial charge < -0.3 is 26.0 Å². The molecule has 1 rings (SSSR count). The molecule has 0 saturated carbocycles. The number of hydrogen-bond acceptors (Lipinski definition) is 5. The third-order valence-electron chi connectivity index (χ3n) is 2.54. The van der Waals surface area contributed by atoms with Gasteiger partial charge in [-0.05, 0) is 32.0 Å². The first-order valence-corrected chi connectivity index (χ1v) is 6.42. The van der Waals surface area contributed by atoms with Crippen LogP contribution in [-0.4, -0.2) is 47.4 Å². The maximum absolute atomic E-state index is 12.1. The standard InChI is InChI=1S/C14H20N2O5/c1-14(2,20)8-16-13(19)11-7-9(21-6-5-17)3-4-10(11)12(15)18/h3-4,7,17,20H,5-6,8H2,1-2H3,(H2,15,18)(H,16,19). The van der Waals surface area contributed by atoms with Crippen molar-refractivity contribution >= 4 is 11.8 Å². The van der Waals surface area contributed by atoms with Crippen LogP contribution in [0.5, 0.6) is 5.75 Å². The fraction of sp³-hybridized carbons (Fsp3) is 0.429. The van der Waals surface area contributed by atoms with Crippen molar-refractivity contribution in [2.75, 3.05) is 19.8 Å². The number of aliphatic hydroxyl groups excluding tert-OH is 1. The first kappa shape index (κ1) is 16.9.